The summed E-state index contributed by atoms with van der Waals surface area (Å²) in [5.41, 5.74) is 0.189. The minimum atomic E-state index is -0.856. The Labute approximate surface area is 101 Å². The first-order valence-corrected chi connectivity index (χ1v) is 4.79. The molecule has 0 bridgehead atoms. The molecule has 18 heavy (non-hydrogen) atoms. The zero-order valence-electron chi connectivity index (χ0n) is 9.07. The largest absolute Gasteiger partial charge is 0.442 e. The van der Waals surface area contributed by atoms with Crippen LogP contribution < -0.4 is 5.32 Å². The van der Waals surface area contributed by atoms with Crippen molar-refractivity contribution < 1.29 is 19.4 Å². The SMILES string of the molecule is O=C(Nc1ccc([N+](=O)[O-])cc1)OCC[N+](=O)[O-]. The first-order chi connectivity index (χ1) is 8.49. The molecule has 0 heterocycles. The van der Waals surface area contributed by atoms with Gasteiger partial charge in [0.1, 0.15) is 0 Å². The molecule has 0 aliphatic heterocycles. The Morgan fingerprint density at radius 2 is 1.83 bits per heavy atom. The Kier molecular flexibility index (Phi) is 4.55. The summed E-state index contributed by atoms with van der Waals surface area (Å²) in [7, 11) is 0. The molecule has 9 heteroatoms. The van der Waals surface area contributed by atoms with Gasteiger partial charge < -0.3 is 4.74 Å². The molecule has 0 fully saturated rings. The van der Waals surface area contributed by atoms with Crippen molar-refractivity contribution in [3.05, 3.63) is 44.5 Å². The van der Waals surface area contributed by atoms with E-state index in [2.05, 4.69) is 10.1 Å². The van der Waals surface area contributed by atoms with E-state index < -0.39 is 22.5 Å². The van der Waals surface area contributed by atoms with Gasteiger partial charge in [-0.05, 0) is 12.1 Å². The van der Waals surface area contributed by atoms with Gasteiger partial charge in [-0.3, -0.25) is 25.5 Å². The van der Waals surface area contributed by atoms with Crippen molar-refractivity contribution in [3.8, 4) is 0 Å². The first-order valence-electron chi connectivity index (χ1n) is 4.79. The average Bonchev–Trinajstić information content (AvgIpc) is 2.29. The molecule has 0 spiro atoms. The van der Waals surface area contributed by atoms with Gasteiger partial charge in [0.2, 0.25) is 6.54 Å². The summed E-state index contributed by atoms with van der Waals surface area (Å²) in [6.45, 7) is -0.820. The lowest BCUT2D eigenvalue weighted by Crippen LogP contribution is -2.18. The van der Waals surface area contributed by atoms with E-state index in [-0.39, 0.29) is 12.3 Å². The van der Waals surface area contributed by atoms with Gasteiger partial charge in [-0.25, -0.2) is 4.79 Å². The summed E-state index contributed by atoms with van der Waals surface area (Å²) in [4.78, 5) is 30.3. The van der Waals surface area contributed by atoms with Gasteiger partial charge >= 0.3 is 6.09 Å². The van der Waals surface area contributed by atoms with Crippen molar-refractivity contribution in [2.45, 2.75) is 0 Å². The molecular weight excluding hydrogens is 246 g/mol. The van der Waals surface area contributed by atoms with Crippen LogP contribution in [0.5, 0.6) is 0 Å². The van der Waals surface area contributed by atoms with E-state index in [1.807, 2.05) is 0 Å². The van der Waals surface area contributed by atoms with Crippen LogP contribution in [-0.2, 0) is 4.74 Å². The van der Waals surface area contributed by atoms with Crippen LogP contribution in [0.4, 0.5) is 16.2 Å². The van der Waals surface area contributed by atoms with Gasteiger partial charge in [0.15, 0.2) is 6.61 Å². The lowest BCUT2D eigenvalue weighted by molar-refractivity contribution is -0.482. The fraction of sp³-hybridized carbons (Fsp3) is 0.222. The summed E-state index contributed by atoms with van der Waals surface area (Å²) >= 11 is 0. The van der Waals surface area contributed by atoms with E-state index in [1.165, 1.54) is 24.3 Å². The number of benzene rings is 1. The summed E-state index contributed by atoms with van der Waals surface area (Å²) < 4.78 is 4.51. The molecule has 0 atom stereocenters. The van der Waals surface area contributed by atoms with Crippen molar-refractivity contribution >= 4 is 17.5 Å². The van der Waals surface area contributed by atoms with Gasteiger partial charge in [0, 0.05) is 22.7 Å². The number of non-ortho nitro benzene ring substituents is 1. The number of hydrogen-bond acceptors (Lipinski definition) is 6. The van der Waals surface area contributed by atoms with E-state index in [1.54, 1.807) is 0 Å². The molecule has 1 aromatic rings. The summed E-state index contributed by atoms with van der Waals surface area (Å²) in [5.74, 6) is 0. The van der Waals surface area contributed by atoms with Crippen molar-refractivity contribution in [1.29, 1.82) is 0 Å². The number of amides is 1. The zero-order valence-corrected chi connectivity index (χ0v) is 9.07. The van der Waals surface area contributed by atoms with Crippen molar-refractivity contribution in [1.82, 2.24) is 0 Å². The van der Waals surface area contributed by atoms with Crippen LogP contribution >= 0.6 is 0 Å². The number of ether oxygens (including phenoxy) is 1. The topological polar surface area (TPSA) is 125 Å². The molecule has 9 nitrogen and oxygen atoms in total. The Bertz CT molecular complexity index is 458. The van der Waals surface area contributed by atoms with Crippen molar-refractivity contribution in [3.63, 3.8) is 0 Å². The lowest BCUT2D eigenvalue weighted by Gasteiger charge is -2.04. The summed E-state index contributed by atoms with van der Waals surface area (Å²) in [6, 6.07) is 5.08. The van der Waals surface area contributed by atoms with Crippen molar-refractivity contribution in [2.75, 3.05) is 18.5 Å². The number of nitro groups is 2. The van der Waals surface area contributed by atoms with Gasteiger partial charge in [-0.1, -0.05) is 0 Å². The predicted octanol–water partition coefficient (Wildman–Crippen LogP) is 1.42. The van der Waals surface area contributed by atoms with Crippen molar-refractivity contribution in [2.24, 2.45) is 0 Å². The van der Waals surface area contributed by atoms with Crippen LogP contribution in [0.1, 0.15) is 0 Å². The summed E-state index contributed by atoms with van der Waals surface area (Å²) in [5, 5.41) is 22.6. The highest BCUT2D eigenvalue weighted by Crippen LogP contribution is 2.15. The average molecular weight is 255 g/mol. The van der Waals surface area contributed by atoms with E-state index in [4.69, 9.17) is 0 Å². The first kappa shape index (κ1) is 13.4. The molecular formula is C9H9N3O6. The Morgan fingerprint density at radius 1 is 1.22 bits per heavy atom. The third-order valence-corrected chi connectivity index (χ3v) is 1.83. The fourth-order valence-electron chi connectivity index (χ4n) is 1.03. The number of nitrogens with one attached hydrogen (secondary N) is 1. The highest BCUT2D eigenvalue weighted by Gasteiger charge is 2.08. The van der Waals surface area contributed by atoms with E-state index in [0.29, 0.717) is 5.69 Å². The Morgan fingerprint density at radius 3 is 2.33 bits per heavy atom. The highest BCUT2D eigenvalue weighted by molar-refractivity contribution is 5.84. The second-order valence-electron chi connectivity index (χ2n) is 3.12. The molecule has 1 amide bonds. The number of rotatable bonds is 5. The third-order valence-electron chi connectivity index (χ3n) is 1.83. The molecule has 0 unspecified atom stereocenters. The Balaban J connectivity index is 2.44. The fourth-order valence-corrected chi connectivity index (χ4v) is 1.03. The van der Waals surface area contributed by atoms with Crippen LogP contribution in [0, 0.1) is 20.2 Å². The predicted molar refractivity (Wildman–Crippen MR) is 59.9 cm³/mol. The second kappa shape index (κ2) is 6.13. The van der Waals surface area contributed by atoms with Crippen LogP contribution in [0.15, 0.2) is 24.3 Å². The molecule has 0 aliphatic carbocycles. The van der Waals surface area contributed by atoms with E-state index in [0.717, 1.165) is 0 Å². The van der Waals surface area contributed by atoms with Crippen LogP contribution in [0.25, 0.3) is 0 Å². The summed E-state index contributed by atoms with van der Waals surface area (Å²) in [6.07, 6.45) is -0.856. The molecule has 0 saturated carbocycles. The van der Waals surface area contributed by atoms with Gasteiger partial charge in [0.05, 0.1) is 4.92 Å². The molecule has 0 aromatic heterocycles. The number of nitro benzene ring substituents is 1. The zero-order chi connectivity index (χ0) is 13.5. The number of carbonyl (C=O) groups excluding carboxylic acids is 1. The monoisotopic (exact) mass is 255 g/mol. The number of nitrogens with zero attached hydrogens (tertiary/aromatic N) is 2. The molecule has 1 rings (SSSR count). The van der Waals surface area contributed by atoms with Crippen LogP contribution in [-0.4, -0.2) is 29.1 Å². The molecule has 1 aromatic carbocycles. The number of hydrogen-bond donors (Lipinski definition) is 1. The quantitative estimate of drug-likeness (QED) is 0.626. The maximum Gasteiger partial charge on any atom is 0.411 e. The van der Waals surface area contributed by atoms with Gasteiger partial charge in [0.25, 0.3) is 5.69 Å². The minimum Gasteiger partial charge on any atom is -0.442 e. The van der Waals surface area contributed by atoms with Crippen LogP contribution in [0.2, 0.25) is 0 Å². The number of carbonyl (C=O) groups is 1. The third kappa shape index (κ3) is 4.43. The standard InChI is InChI=1S/C9H9N3O6/c13-9(18-6-5-11(14)15)10-7-1-3-8(4-2-7)12(16)17/h1-4H,5-6H2,(H,10,13). The maximum absolute atomic E-state index is 11.1. The molecule has 0 radical (unpaired) electrons. The van der Waals surface area contributed by atoms with E-state index in [9.17, 15) is 25.0 Å². The molecule has 0 aliphatic rings. The van der Waals surface area contributed by atoms with Gasteiger partial charge in [-0.2, -0.15) is 0 Å². The molecule has 96 valence electrons. The Hall–Kier alpha value is -2.71. The van der Waals surface area contributed by atoms with Crippen LogP contribution in [0.3, 0.4) is 0 Å². The number of anilines is 1. The highest BCUT2D eigenvalue weighted by atomic mass is 16.6. The minimum absolute atomic E-state index is 0.109. The normalized spacial score (nSPS) is 9.56. The van der Waals surface area contributed by atoms with E-state index >= 15 is 0 Å². The molecule has 0 saturated heterocycles. The maximum atomic E-state index is 11.1. The smallest absolute Gasteiger partial charge is 0.411 e. The van der Waals surface area contributed by atoms with Gasteiger partial charge in [-0.15, -0.1) is 0 Å². The molecule has 1 N–H and O–H groups in total. The lowest BCUT2D eigenvalue weighted by atomic mass is 10.3. The second-order valence-corrected chi connectivity index (χ2v) is 3.12.